The van der Waals surface area contributed by atoms with Crippen LogP contribution in [0, 0.1) is 0 Å². The van der Waals surface area contributed by atoms with Gasteiger partial charge in [-0.15, -0.1) is 0 Å². The molecule has 0 aromatic rings. The van der Waals surface area contributed by atoms with Crippen molar-refractivity contribution in [2.24, 2.45) is 10.2 Å². The lowest BCUT2D eigenvalue weighted by atomic mass is 10.2. The van der Waals surface area contributed by atoms with Crippen LogP contribution in [0.25, 0.3) is 0 Å². The second-order valence-corrected chi connectivity index (χ2v) is 1.82. The SMILES string of the molecule is O=C(O)C1=CN=NC=CC=C1. The first-order valence-electron chi connectivity index (χ1n) is 2.97. The Balaban J connectivity index is 2.87. The fraction of sp³-hybridized carbons (Fsp3) is 0. The topological polar surface area (TPSA) is 62.0 Å². The highest BCUT2D eigenvalue weighted by atomic mass is 16.4. The highest BCUT2D eigenvalue weighted by Gasteiger charge is 2.01. The molecule has 1 rings (SSSR count). The number of azo groups is 1. The Hall–Kier alpha value is -1.71. The first kappa shape index (κ1) is 7.40. The Bertz CT molecular complexity index is 274. The Labute approximate surface area is 63.3 Å². The van der Waals surface area contributed by atoms with E-state index >= 15 is 0 Å². The van der Waals surface area contributed by atoms with Gasteiger partial charge < -0.3 is 5.11 Å². The van der Waals surface area contributed by atoms with Crippen LogP contribution in [-0.2, 0) is 4.79 Å². The minimum absolute atomic E-state index is 0.123. The fourth-order valence-electron chi connectivity index (χ4n) is 0.551. The predicted octanol–water partition coefficient (Wildman–Crippen LogP) is 1.49. The molecule has 4 heteroatoms. The maximum atomic E-state index is 10.4. The van der Waals surface area contributed by atoms with Gasteiger partial charge >= 0.3 is 5.97 Å². The Morgan fingerprint density at radius 3 is 2.91 bits per heavy atom. The van der Waals surface area contributed by atoms with Gasteiger partial charge in [-0.1, -0.05) is 6.08 Å². The van der Waals surface area contributed by atoms with Crippen LogP contribution in [0.5, 0.6) is 0 Å². The summed E-state index contributed by atoms with van der Waals surface area (Å²) in [6, 6.07) is 0. The summed E-state index contributed by atoms with van der Waals surface area (Å²) < 4.78 is 0. The molecule has 0 amide bonds. The molecule has 1 aliphatic rings. The van der Waals surface area contributed by atoms with Gasteiger partial charge in [-0.05, 0) is 12.2 Å². The predicted molar refractivity (Wildman–Crippen MR) is 38.9 cm³/mol. The Kier molecular flexibility index (Phi) is 2.32. The Morgan fingerprint density at radius 1 is 1.36 bits per heavy atom. The molecule has 0 saturated heterocycles. The number of rotatable bonds is 1. The number of nitrogens with zero attached hydrogens (tertiary/aromatic N) is 2. The highest BCUT2D eigenvalue weighted by Crippen LogP contribution is 2.01. The van der Waals surface area contributed by atoms with Crippen molar-refractivity contribution >= 4 is 5.97 Å². The number of allylic oxidation sites excluding steroid dienone is 2. The van der Waals surface area contributed by atoms with Gasteiger partial charge in [0, 0.05) is 6.20 Å². The summed E-state index contributed by atoms with van der Waals surface area (Å²) in [6.45, 7) is 0. The van der Waals surface area contributed by atoms with Gasteiger partial charge in [-0.3, -0.25) is 0 Å². The number of aliphatic carboxylic acids is 1. The maximum Gasteiger partial charge on any atom is 0.337 e. The zero-order valence-electron chi connectivity index (χ0n) is 5.64. The lowest BCUT2D eigenvalue weighted by Crippen LogP contribution is -1.96. The third-order valence-electron chi connectivity index (χ3n) is 1.05. The first-order chi connectivity index (χ1) is 5.30. The van der Waals surface area contributed by atoms with Gasteiger partial charge in [0.2, 0.25) is 0 Å². The summed E-state index contributed by atoms with van der Waals surface area (Å²) in [5, 5.41) is 15.5. The molecule has 56 valence electrons. The monoisotopic (exact) mass is 150 g/mol. The van der Waals surface area contributed by atoms with E-state index in [9.17, 15) is 4.79 Å². The van der Waals surface area contributed by atoms with Crippen LogP contribution in [-0.4, -0.2) is 11.1 Å². The molecule has 0 saturated carbocycles. The molecule has 0 spiro atoms. The molecule has 0 aromatic carbocycles. The normalized spacial score (nSPS) is 15.5. The summed E-state index contributed by atoms with van der Waals surface area (Å²) in [7, 11) is 0. The number of carboxylic acid groups (broad SMARTS) is 1. The molecular weight excluding hydrogens is 144 g/mol. The van der Waals surface area contributed by atoms with Crippen molar-refractivity contribution in [1.29, 1.82) is 0 Å². The molecule has 0 unspecified atom stereocenters. The van der Waals surface area contributed by atoms with Crippen LogP contribution in [0.15, 0.2) is 46.4 Å². The van der Waals surface area contributed by atoms with E-state index in [0.717, 1.165) is 0 Å². The molecule has 1 aliphatic heterocycles. The number of hydrogen-bond acceptors (Lipinski definition) is 3. The molecule has 1 heterocycles. The summed E-state index contributed by atoms with van der Waals surface area (Å²) in [5.41, 5.74) is 0.123. The molecule has 0 radical (unpaired) electrons. The maximum absolute atomic E-state index is 10.4. The van der Waals surface area contributed by atoms with Crippen molar-refractivity contribution < 1.29 is 9.90 Å². The van der Waals surface area contributed by atoms with E-state index in [0.29, 0.717) is 0 Å². The van der Waals surface area contributed by atoms with E-state index in [1.54, 1.807) is 12.2 Å². The summed E-state index contributed by atoms with van der Waals surface area (Å²) in [5.74, 6) is -1.00. The third-order valence-corrected chi connectivity index (χ3v) is 1.05. The average molecular weight is 150 g/mol. The van der Waals surface area contributed by atoms with Crippen LogP contribution >= 0.6 is 0 Å². The number of carboxylic acids is 1. The summed E-state index contributed by atoms with van der Waals surface area (Å²) in [6.07, 6.45) is 7.34. The smallest absolute Gasteiger partial charge is 0.337 e. The number of hydrogen-bond donors (Lipinski definition) is 1. The van der Waals surface area contributed by atoms with Crippen molar-refractivity contribution in [3.05, 3.63) is 36.2 Å². The van der Waals surface area contributed by atoms with Crippen LogP contribution < -0.4 is 0 Å². The molecule has 0 aliphatic carbocycles. The van der Waals surface area contributed by atoms with Gasteiger partial charge in [0.05, 0.1) is 11.8 Å². The molecule has 0 aromatic heterocycles. The Morgan fingerprint density at radius 2 is 2.18 bits per heavy atom. The van der Waals surface area contributed by atoms with E-state index in [-0.39, 0.29) is 5.57 Å². The second kappa shape index (κ2) is 3.46. The number of carbonyl (C=O) groups is 1. The van der Waals surface area contributed by atoms with E-state index < -0.39 is 5.97 Å². The van der Waals surface area contributed by atoms with Crippen molar-refractivity contribution in [1.82, 2.24) is 0 Å². The van der Waals surface area contributed by atoms with Gasteiger partial charge in [-0.25, -0.2) is 4.79 Å². The average Bonchev–Trinajstić information content (AvgIpc) is 1.84. The van der Waals surface area contributed by atoms with Crippen LogP contribution in [0.2, 0.25) is 0 Å². The lowest BCUT2D eigenvalue weighted by molar-refractivity contribution is -0.132. The van der Waals surface area contributed by atoms with E-state index in [2.05, 4.69) is 10.2 Å². The summed E-state index contributed by atoms with van der Waals surface area (Å²) >= 11 is 0. The lowest BCUT2D eigenvalue weighted by Gasteiger charge is -1.90. The molecular formula is C7H6N2O2. The molecule has 4 nitrogen and oxygen atoms in total. The standard InChI is InChI=1S/C7H6N2O2/c10-7(11)6-3-1-2-4-8-9-5-6/h1-5H,(H,10,11). The van der Waals surface area contributed by atoms with E-state index in [1.807, 2.05) is 0 Å². The van der Waals surface area contributed by atoms with Crippen molar-refractivity contribution in [2.45, 2.75) is 0 Å². The second-order valence-electron chi connectivity index (χ2n) is 1.82. The molecule has 0 bridgehead atoms. The minimum Gasteiger partial charge on any atom is -0.478 e. The zero-order valence-corrected chi connectivity index (χ0v) is 5.64. The van der Waals surface area contributed by atoms with Gasteiger partial charge in [0.25, 0.3) is 0 Å². The van der Waals surface area contributed by atoms with Crippen molar-refractivity contribution in [2.75, 3.05) is 0 Å². The molecule has 1 N–H and O–H groups in total. The first-order valence-corrected chi connectivity index (χ1v) is 2.97. The van der Waals surface area contributed by atoms with Crippen LogP contribution in [0.1, 0.15) is 0 Å². The van der Waals surface area contributed by atoms with Gasteiger partial charge in [-0.2, -0.15) is 10.2 Å². The fourth-order valence-corrected chi connectivity index (χ4v) is 0.551. The van der Waals surface area contributed by atoms with Crippen molar-refractivity contribution in [3.8, 4) is 0 Å². The van der Waals surface area contributed by atoms with Gasteiger partial charge in [0.1, 0.15) is 0 Å². The van der Waals surface area contributed by atoms with Crippen LogP contribution in [0.4, 0.5) is 0 Å². The van der Waals surface area contributed by atoms with Crippen LogP contribution in [0.3, 0.4) is 0 Å². The minimum atomic E-state index is -1.00. The quantitative estimate of drug-likeness (QED) is 0.615. The summed E-state index contributed by atoms with van der Waals surface area (Å²) in [4.78, 5) is 10.4. The third kappa shape index (κ3) is 2.17. The zero-order chi connectivity index (χ0) is 8.10. The molecule has 11 heavy (non-hydrogen) atoms. The molecule has 0 atom stereocenters. The van der Waals surface area contributed by atoms with E-state index in [1.165, 1.54) is 18.5 Å². The molecule has 0 fully saturated rings. The van der Waals surface area contributed by atoms with E-state index in [4.69, 9.17) is 5.11 Å². The van der Waals surface area contributed by atoms with Gasteiger partial charge in [0.15, 0.2) is 0 Å². The largest absolute Gasteiger partial charge is 0.478 e. The highest BCUT2D eigenvalue weighted by molar-refractivity contribution is 5.89. The van der Waals surface area contributed by atoms with Crippen molar-refractivity contribution in [3.63, 3.8) is 0 Å².